The Labute approximate surface area is 350 Å². The molecule has 9 rings (SSSR count). The smallest absolute Gasteiger partial charge is 0.317 e. The van der Waals surface area contributed by atoms with Crippen LogP contribution in [0.2, 0.25) is 0 Å². The third-order valence-corrected chi connectivity index (χ3v) is 10.4. The van der Waals surface area contributed by atoms with Gasteiger partial charge in [-0.1, -0.05) is 109 Å². The second-order valence-electron chi connectivity index (χ2n) is 14.6. The third-order valence-electron chi connectivity index (χ3n) is 10.4. The summed E-state index contributed by atoms with van der Waals surface area (Å²) in [4.78, 5) is 46.8. The number of benzene rings is 4. The van der Waals surface area contributed by atoms with Crippen LogP contribution in [0.4, 0.5) is 5.69 Å². The number of carbonyl (C=O) groups is 2. The SMILES string of the molecule is O=C(O)CN(CC(=O)O)CC(O)=Nc1ccccc1-c1c2nc(c(-c3ccccc3)c3ccc([nH]3)c(-c3ccccc3)c3nc(c(-c4ccccc4)c4ccc1[nH]4)C=C3)C=C2. The minimum absolute atomic E-state index is 0.371. The van der Waals surface area contributed by atoms with E-state index in [0.29, 0.717) is 28.0 Å². The monoisotopic (exact) mass is 802 g/mol. The first-order valence-corrected chi connectivity index (χ1v) is 19.6. The van der Waals surface area contributed by atoms with E-state index < -0.39 is 37.5 Å². The van der Waals surface area contributed by atoms with E-state index in [2.05, 4.69) is 69.6 Å². The fourth-order valence-corrected chi connectivity index (χ4v) is 7.92. The van der Waals surface area contributed by atoms with Crippen LogP contribution in [0.15, 0.2) is 145 Å². The standard InChI is InChI=1S/C50H38N6O5/c57-44(28-56(29-45(58)59)30-46(60)61)55-35-19-11-10-18-34(35)50-42-26-24-40(53-42)48(32-14-6-2-7-15-32)38-22-20-36(51-38)47(31-12-4-1-5-13-31)37-21-23-39(52-37)49(33-16-8-3-9-17-33)41-25-27-43(50)54-41/h1-27,51,54H,28-30H2,(H,55,57)(H,58,59)(H,60,61). The molecule has 0 unspecified atom stereocenters. The van der Waals surface area contributed by atoms with Gasteiger partial charge in [-0.25, -0.2) is 15.0 Å². The van der Waals surface area contributed by atoms with Crippen LogP contribution >= 0.6 is 0 Å². The molecule has 61 heavy (non-hydrogen) atoms. The van der Waals surface area contributed by atoms with Crippen LogP contribution in [0, 0.1) is 0 Å². The summed E-state index contributed by atoms with van der Waals surface area (Å²) in [6.45, 7) is -1.58. The van der Waals surface area contributed by atoms with Crippen molar-refractivity contribution in [3.05, 3.63) is 162 Å². The maximum Gasteiger partial charge on any atom is 0.317 e. The molecule has 0 saturated heterocycles. The molecule has 0 atom stereocenters. The van der Waals surface area contributed by atoms with Crippen LogP contribution < -0.4 is 0 Å². The molecular weight excluding hydrogens is 765 g/mol. The van der Waals surface area contributed by atoms with Crippen LogP contribution in [0.5, 0.6) is 0 Å². The maximum atomic E-state index is 11.5. The Morgan fingerprint density at radius 1 is 0.459 bits per heavy atom. The van der Waals surface area contributed by atoms with Gasteiger partial charge < -0.3 is 25.3 Å². The second kappa shape index (κ2) is 16.6. The van der Waals surface area contributed by atoms with Gasteiger partial charge in [-0.3, -0.25) is 14.5 Å². The molecule has 8 bridgehead atoms. The molecule has 5 N–H and O–H groups in total. The zero-order chi connectivity index (χ0) is 41.9. The quantitative estimate of drug-likeness (QED) is 0.0636. The van der Waals surface area contributed by atoms with E-state index in [0.717, 1.165) is 71.9 Å². The fraction of sp³-hybridized carbons (Fsp3) is 0.0600. The summed E-state index contributed by atoms with van der Waals surface area (Å²) in [6, 6.07) is 45.9. The number of fused-ring (bicyclic) bond motifs is 8. The molecule has 0 amide bonds. The third kappa shape index (κ3) is 8.01. The van der Waals surface area contributed by atoms with Gasteiger partial charge in [0.05, 0.1) is 48.1 Å². The Morgan fingerprint density at radius 3 is 1.23 bits per heavy atom. The molecule has 298 valence electrons. The van der Waals surface area contributed by atoms with Crippen LogP contribution in [0.25, 0.3) is 90.9 Å². The molecule has 2 aliphatic heterocycles. The van der Waals surface area contributed by atoms with Crippen molar-refractivity contribution >= 4 is 69.9 Å². The predicted octanol–water partition coefficient (Wildman–Crippen LogP) is 10.4. The zero-order valence-electron chi connectivity index (χ0n) is 32.7. The van der Waals surface area contributed by atoms with Gasteiger partial charge in [-0.05, 0) is 71.3 Å². The molecule has 11 heteroatoms. The highest BCUT2D eigenvalue weighted by molar-refractivity contribution is 6.01. The van der Waals surface area contributed by atoms with E-state index in [4.69, 9.17) is 9.97 Å². The number of nitrogens with one attached hydrogen (secondary N) is 2. The van der Waals surface area contributed by atoms with Crippen LogP contribution in [-0.2, 0) is 9.59 Å². The van der Waals surface area contributed by atoms with Gasteiger partial charge in [0.2, 0.25) is 5.90 Å². The van der Waals surface area contributed by atoms with Crippen molar-refractivity contribution in [3.8, 4) is 44.5 Å². The highest BCUT2D eigenvalue weighted by Gasteiger charge is 2.21. The van der Waals surface area contributed by atoms with Gasteiger partial charge in [0.15, 0.2) is 0 Å². The number of H-pyrrole nitrogens is 2. The topological polar surface area (TPSA) is 168 Å². The number of para-hydroxylation sites is 1. The molecule has 4 aromatic carbocycles. The first kappa shape index (κ1) is 38.4. The number of aliphatic imine (C=N–C) groups is 1. The largest absolute Gasteiger partial charge is 0.495 e. The van der Waals surface area contributed by atoms with E-state index in [-0.39, 0.29) is 0 Å². The van der Waals surface area contributed by atoms with E-state index >= 15 is 0 Å². The van der Waals surface area contributed by atoms with Crippen LogP contribution in [-0.4, -0.2) is 77.6 Å². The second-order valence-corrected chi connectivity index (χ2v) is 14.6. The molecule has 5 heterocycles. The highest BCUT2D eigenvalue weighted by Crippen LogP contribution is 2.40. The van der Waals surface area contributed by atoms with Gasteiger partial charge in [0.1, 0.15) is 0 Å². The maximum absolute atomic E-state index is 11.5. The van der Waals surface area contributed by atoms with Gasteiger partial charge in [0, 0.05) is 49.9 Å². The Bertz CT molecular complexity index is 3030. The van der Waals surface area contributed by atoms with Gasteiger partial charge >= 0.3 is 11.9 Å². The average Bonchev–Trinajstić information content (AvgIpc) is 4.10. The lowest BCUT2D eigenvalue weighted by molar-refractivity contribution is -0.141. The molecule has 0 aliphatic carbocycles. The van der Waals surface area contributed by atoms with Crippen molar-refractivity contribution in [2.24, 2.45) is 4.99 Å². The van der Waals surface area contributed by atoms with Crippen LogP contribution in [0.3, 0.4) is 0 Å². The Hall–Kier alpha value is -8.15. The number of carboxylic acids is 2. The van der Waals surface area contributed by atoms with Crippen molar-refractivity contribution in [2.45, 2.75) is 0 Å². The predicted molar refractivity (Wildman–Crippen MR) is 242 cm³/mol. The normalized spacial score (nSPS) is 12.2. The summed E-state index contributed by atoms with van der Waals surface area (Å²) in [5, 5.41) is 30.0. The molecule has 2 aliphatic rings. The number of hydrogen-bond acceptors (Lipinski definition) is 6. The summed E-state index contributed by atoms with van der Waals surface area (Å²) in [5.74, 6) is -2.90. The van der Waals surface area contributed by atoms with Crippen molar-refractivity contribution < 1.29 is 24.9 Å². The van der Waals surface area contributed by atoms with Crippen LogP contribution in [0.1, 0.15) is 22.8 Å². The Balaban J connectivity index is 1.37. The minimum Gasteiger partial charge on any atom is -0.495 e. The first-order valence-electron chi connectivity index (χ1n) is 19.6. The lowest BCUT2D eigenvalue weighted by Crippen LogP contribution is -2.38. The number of aliphatic carboxylic acids is 2. The molecule has 0 radical (unpaired) electrons. The van der Waals surface area contributed by atoms with E-state index in [1.165, 1.54) is 0 Å². The number of aromatic amines is 2. The molecule has 0 fully saturated rings. The Kier molecular flexibility index (Phi) is 10.4. The lowest BCUT2D eigenvalue weighted by atomic mass is 10.0. The number of rotatable bonds is 11. The van der Waals surface area contributed by atoms with Crippen molar-refractivity contribution in [1.29, 1.82) is 0 Å². The molecule has 11 nitrogen and oxygen atoms in total. The minimum atomic E-state index is -1.23. The first-order chi connectivity index (χ1) is 29.8. The summed E-state index contributed by atoms with van der Waals surface area (Å²) < 4.78 is 0. The van der Waals surface area contributed by atoms with E-state index in [9.17, 15) is 24.9 Å². The number of aliphatic hydroxyl groups excluding tert-OH is 1. The van der Waals surface area contributed by atoms with Gasteiger partial charge in [-0.2, -0.15) is 0 Å². The number of carboxylic acid groups (broad SMARTS) is 2. The molecule has 7 aromatic rings. The van der Waals surface area contributed by atoms with Gasteiger partial charge in [0.25, 0.3) is 0 Å². The number of aromatic nitrogens is 4. The molecule has 3 aromatic heterocycles. The number of hydrogen-bond donors (Lipinski definition) is 5. The van der Waals surface area contributed by atoms with E-state index in [1.54, 1.807) is 12.1 Å². The molecular formula is C50H38N6O5. The van der Waals surface area contributed by atoms with Gasteiger partial charge in [-0.15, -0.1) is 0 Å². The molecule has 0 spiro atoms. The highest BCUT2D eigenvalue weighted by atomic mass is 16.4. The summed E-state index contributed by atoms with van der Waals surface area (Å²) in [7, 11) is 0. The number of aliphatic hydroxyl groups is 1. The summed E-state index contributed by atoms with van der Waals surface area (Å²) >= 11 is 0. The summed E-state index contributed by atoms with van der Waals surface area (Å²) in [5.41, 5.74) is 13.6. The zero-order valence-corrected chi connectivity index (χ0v) is 32.7. The average molecular weight is 803 g/mol. The Morgan fingerprint density at radius 2 is 0.820 bits per heavy atom. The number of nitrogens with zero attached hydrogens (tertiary/aromatic N) is 4. The van der Waals surface area contributed by atoms with E-state index in [1.807, 2.05) is 97.1 Å². The van der Waals surface area contributed by atoms with Crippen molar-refractivity contribution in [3.63, 3.8) is 0 Å². The fourth-order valence-electron chi connectivity index (χ4n) is 7.92. The lowest BCUT2D eigenvalue weighted by Gasteiger charge is -2.16. The van der Waals surface area contributed by atoms with Crippen molar-refractivity contribution in [1.82, 2.24) is 24.8 Å². The summed E-state index contributed by atoms with van der Waals surface area (Å²) in [6.07, 6.45) is 8.06. The van der Waals surface area contributed by atoms with Crippen molar-refractivity contribution in [2.75, 3.05) is 19.6 Å². The molecule has 0 saturated carbocycles.